The van der Waals surface area contributed by atoms with Crippen LogP contribution in [-0.2, 0) is 4.79 Å². The molecule has 6 rings (SSSR count). The number of carbonyl (C=O) groups excluding carboxylic acids is 1. The molecule has 0 radical (unpaired) electrons. The zero-order valence-electron chi connectivity index (χ0n) is 18.0. The first-order valence-corrected chi connectivity index (χ1v) is 10.9. The van der Waals surface area contributed by atoms with E-state index in [9.17, 15) is 4.79 Å². The lowest BCUT2D eigenvalue weighted by molar-refractivity contribution is -0.141. The second-order valence-corrected chi connectivity index (χ2v) is 8.56. The fraction of sp³-hybridized carbons (Fsp3) is 0.179. The average molecular weight is 421 g/mol. The number of hydrogen-bond donors (Lipinski definition) is 1. The van der Waals surface area contributed by atoms with E-state index in [1.807, 2.05) is 43.3 Å². The number of methoxy groups -OCH3 is 1. The molecule has 0 bridgehead atoms. The lowest BCUT2D eigenvalue weighted by atomic mass is 9.69. The molecule has 0 saturated carbocycles. The number of para-hydroxylation sites is 1. The minimum atomic E-state index is -0.393. The number of ether oxygens (including phenoxy) is 2. The van der Waals surface area contributed by atoms with E-state index in [4.69, 9.17) is 9.47 Å². The smallest absolute Gasteiger partial charge is 0.317 e. The molecule has 0 aromatic heterocycles. The molecule has 2 aliphatic rings. The molecule has 4 heteroatoms. The van der Waals surface area contributed by atoms with Crippen LogP contribution in [0.2, 0.25) is 0 Å². The van der Waals surface area contributed by atoms with Gasteiger partial charge in [-0.1, -0.05) is 60.7 Å². The SMILES string of the molecule is COc1cc(C2Nc3ccc4ccccc4c3C3c4ccccc4OC(=O)C23)ccc1C. The molecule has 32 heavy (non-hydrogen) atoms. The van der Waals surface area contributed by atoms with Gasteiger partial charge in [-0.25, -0.2) is 0 Å². The lowest BCUT2D eigenvalue weighted by Gasteiger charge is -2.43. The highest BCUT2D eigenvalue weighted by Crippen LogP contribution is 2.54. The standard InChI is InChI=1S/C28H23NO3/c1-16-11-12-18(15-23(16)31-2)27-26-25(20-9-5-6-10-22(20)32-28(26)30)24-19-8-4-3-7-17(19)13-14-21(24)29-27/h3-15,25-27,29H,1-2H3. The number of benzene rings is 4. The van der Waals surface area contributed by atoms with Gasteiger partial charge in [0.25, 0.3) is 0 Å². The predicted octanol–water partition coefficient (Wildman–Crippen LogP) is 5.99. The number of anilines is 1. The van der Waals surface area contributed by atoms with Crippen LogP contribution in [-0.4, -0.2) is 13.1 Å². The molecule has 0 amide bonds. The van der Waals surface area contributed by atoms with Crippen molar-refractivity contribution in [2.24, 2.45) is 5.92 Å². The van der Waals surface area contributed by atoms with Crippen molar-refractivity contribution in [2.45, 2.75) is 18.9 Å². The van der Waals surface area contributed by atoms with Crippen molar-refractivity contribution in [1.82, 2.24) is 0 Å². The zero-order valence-corrected chi connectivity index (χ0v) is 18.0. The molecule has 3 atom stereocenters. The third kappa shape index (κ3) is 2.72. The molecule has 0 aliphatic carbocycles. The Morgan fingerprint density at radius 1 is 0.938 bits per heavy atom. The van der Waals surface area contributed by atoms with E-state index in [0.29, 0.717) is 5.75 Å². The normalized spacial score (nSPS) is 21.1. The molecule has 4 aromatic rings. The maximum absolute atomic E-state index is 13.4. The van der Waals surface area contributed by atoms with Crippen molar-refractivity contribution in [2.75, 3.05) is 12.4 Å². The first kappa shape index (κ1) is 18.9. The third-order valence-corrected chi connectivity index (χ3v) is 6.84. The van der Waals surface area contributed by atoms with Crippen LogP contribution in [0, 0.1) is 12.8 Å². The van der Waals surface area contributed by atoms with E-state index in [1.54, 1.807) is 7.11 Å². The van der Waals surface area contributed by atoms with Gasteiger partial charge in [0.05, 0.1) is 19.1 Å². The molecule has 4 nitrogen and oxygen atoms in total. The van der Waals surface area contributed by atoms with E-state index >= 15 is 0 Å². The van der Waals surface area contributed by atoms with Crippen LogP contribution in [0.3, 0.4) is 0 Å². The van der Waals surface area contributed by atoms with Crippen molar-refractivity contribution in [1.29, 1.82) is 0 Å². The van der Waals surface area contributed by atoms with Crippen molar-refractivity contribution < 1.29 is 14.3 Å². The maximum atomic E-state index is 13.4. The summed E-state index contributed by atoms with van der Waals surface area (Å²) >= 11 is 0. The zero-order chi connectivity index (χ0) is 21.8. The first-order chi connectivity index (χ1) is 15.7. The van der Waals surface area contributed by atoms with Gasteiger partial charge >= 0.3 is 5.97 Å². The second kappa shape index (κ2) is 7.13. The Morgan fingerprint density at radius 3 is 2.62 bits per heavy atom. The number of rotatable bonds is 2. The van der Waals surface area contributed by atoms with Crippen LogP contribution in [0.15, 0.2) is 78.9 Å². The Hall–Kier alpha value is -3.79. The molecule has 0 spiro atoms. The quantitative estimate of drug-likeness (QED) is 0.319. The van der Waals surface area contributed by atoms with Gasteiger partial charge in [-0.3, -0.25) is 4.79 Å². The number of esters is 1. The summed E-state index contributed by atoms with van der Waals surface area (Å²) in [6, 6.07) is 26.5. The van der Waals surface area contributed by atoms with Crippen LogP contribution >= 0.6 is 0 Å². The summed E-state index contributed by atoms with van der Waals surface area (Å²) < 4.78 is 11.4. The Bertz CT molecular complexity index is 1380. The van der Waals surface area contributed by atoms with Gasteiger partial charge in [0.15, 0.2) is 0 Å². The van der Waals surface area contributed by atoms with Crippen molar-refractivity contribution in [3.63, 3.8) is 0 Å². The number of carbonyl (C=O) groups is 1. The summed E-state index contributed by atoms with van der Waals surface area (Å²) in [5.74, 6) is 0.765. The van der Waals surface area contributed by atoms with E-state index in [1.165, 1.54) is 5.39 Å². The largest absolute Gasteiger partial charge is 0.496 e. The number of fused-ring (bicyclic) bond motifs is 7. The summed E-state index contributed by atoms with van der Waals surface area (Å²) in [5, 5.41) is 6.01. The summed E-state index contributed by atoms with van der Waals surface area (Å²) in [6.45, 7) is 2.02. The fourth-order valence-corrected chi connectivity index (χ4v) is 5.33. The fourth-order valence-electron chi connectivity index (χ4n) is 5.33. The molecule has 0 saturated heterocycles. The Kier molecular flexibility index (Phi) is 4.22. The summed E-state index contributed by atoms with van der Waals surface area (Å²) in [5.41, 5.74) is 5.34. The third-order valence-electron chi connectivity index (χ3n) is 6.84. The predicted molar refractivity (Wildman–Crippen MR) is 125 cm³/mol. The molecular formula is C28H23NO3. The molecule has 2 aliphatic heterocycles. The van der Waals surface area contributed by atoms with Crippen molar-refractivity contribution in [3.05, 3.63) is 101 Å². The van der Waals surface area contributed by atoms with Gasteiger partial charge in [0.1, 0.15) is 11.5 Å². The lowest BCUT2D eigenvalue weighted by Crippen LogP contribution is -2.42. The van der Waals surface area contributed by atoms with E-state index in [-0.39, 0.29) is 17.9 Å². The van der Waals surface area contributed by atoms with E-state index in [0.717, 1.165) is 39.1 Å². The average Bonchev–Trinajstić information content (AvgIpc) is 2.83. The molecule has 158 valence electrons. The van der Waals surface area contributed by atoms with Crippen LogP contribution in [0.4, 0.5) is 5.69 Å². The summed E-state index contributed by atoms with van der Waals surface area (Å²) in [4.78, 5) is 13.4. The van der Waals surface area contributed by atoms with Gasteiger partial charge in [-0.05, 0) is 52.6 Å². The van der Waals surface area contributed by atoms with Crippen LogP contribution in [0.25, 0.3) is 10.8 Å². The highest BCUT2D eigenvalue weighted by atomic mass is 16.5. The Labute approximate surface area is 186 Å². The monoisotopic (exact) mass is 421 g/mol. The van der Waals surface area contributed by atoms with Crippen LogP contribution in [0.1, 0.15) is 34.2 Å². The molecule has 0 fully saturated rings. The van der Waals surface area contributed by atoms with Gasteiger partial charge in [0, 0.05) is 17.2 Å². The van der Waals surface area contributed by atoms with Gasteiger partial charge in [-0.15, -0.1) is 0 Å². The van der Waals surface area contributed by atoms with Crippen molar-refractivity contribution in [3.8, 4) is 11.5 Å². The Balaban J connectivity index is 1.63. The van der Waals surface area contributed by atoms with Gasteiger partial charge < -0.3 is 14.8 Å². The van der Waals surface area contributed by atoms with Gasteiger partial charge in [-0.2, -0.15) is 0 Å². The van der Waals surface area contributed by atoms with Crippen LogP contribution < -0.4 is 14.8 Å². The molecule has 2 heterocycles. The molecule has 1 N–H and O–H groups in total. The topological polar surface area (TPSA) is 47.6 Å². The van der Waals surface area contributed by atoms with E-state index in [2.05, 4.69) is 47.8 Å². The molecule has 3 unspecified atom stereocenters. The Morgan fingerprint density at radius 2 is 1.75 bits per heavy atom. The van der Waals surface area contributed by atoms with Crippen LogP contribution in [0.5, 0.6) is 11.5 Å². The minimum Gasteiger partial charge on any atom is -0.496 e. The molecular weight excluding hydrogens is 398 g/mol. The highest BCUT2D eigenvalue weighted by Gasteiger charge is 2.48. The molecule has 4 aromatic carbocycles. The van der Waals surface area contributed by atoms with Crippen molar-refractivity contribution >= 4 is 22.4 Å². The van der Waals surface area contributed by atoms with Gasteiger partial charge in [0.2, 0.25) is 0 Å². The number of aryl methyl sites for hydroxylation is 1. The first-order valence-electron chi connectivity index (χ1n) is 10.9. The number of nitrogens with one attached hydrogen (secondary N) is 1. The summed E-state index contributed by atoms with van der Waals surface area (Å²) in [7, 11) is 1.68. The highest BCUT2D eigenvalue weighted by molar-refractivity contribution is 5.95. The maximum Gasteiger partial charge on any atom is 0.317 e. The number of hydrogen-bond acceptors (Lipinski definition) is 4. The minimum absolute atomic E-state index is 0.105. The van der Waals surface area contributed by atoms with E-state index < -0.39 is 5.92 Å². The summed E-state index contributed by atoms with van der Waals surface area (Å²) in [6.07, 6.45) is 0. The second-order valence-electron chi connectivity index (χ2n) is 8.56.